The van der Waals surface area contributed by atoms with E-state index in [0.29, 0.717) is 0 Å². The number of hydrogen-bond donors (Lipinski definition) is 2. The van der Waals surface area contributed by atoms with E-state index in [-0.39, 0.29) is 12.1 Å². The standard InChI is InChI=1S/C13H20N2O/c1-10-6-5-9-13(14-10)15-11-7-3-2-4-8-12(11)16/h5-6,9,11-12,16H,2-4,7-8H2,1H3,(H,14,15). The molecule has 1 aliphatic carbocycles. The van der Waals surface area contributed by atoms with Gasteiger partial charge in [-0.1, -0.05) is 25.3 Å². The fourth-order valence-electron chi connectivity index (χ4n) is 2.27. The van der Waals surface area contributed by atoms with Crippen LogP contribution in [0.4, 0.5) is 5.82 Å². The van der Waals surface area contributed by atoms with Gasteiger partial charge in [0, 0.05) is 5.69 Å². The maximum Gasteiger partial charge on any atom is 0.126 e. The zero-order valence-electron chi connectivity index (χ0n) is 9.82. The fraction of sp³-hybridized carbons (Fsp3) is 0.615. The first kappa shape index (κ1) is 11.4. The lowest BCUT2D eigenvalue weighted by atomic mass is 10.1. The molecular formula is C13H20N2O. The molecule has 16 heavy (non-hydrogen) atoms. The lowest BCUT2D eigenvalue weighted by molar-refractivity contribution is 0.144. The molecule has 3 heteroatoms. The van der Waals surface area contributed by atoms with E-state index in [2.05, 4.69) is 10.3 Å². The molecule has 1 heterocycles. The molecule has 0 aliphatic heterocycles. The van der Waals surface area contributed by atoms with Crippen molar-refractivity contribution in [1.82, 2.24) is 4.98 Å². The van der Waals surface area contributed by atoms with Crippen molar-refractivity contribution in [3.8, 4) is 0 Å². The van der Waals surface area contributed by atoms with E-state index < -0.39 is 0 Å². The van der Waals surface area contributed by atoms with E-state index in [1.54, 1.807) is 0 Å². The normalized spacial score (nSPS) is 26.1. The number of hydrogen-bond acceptors (Lipinski definition) is 3. The van der Waals surface area contributed by atoms with Gasteiger partial charge < -0.3 is 10.4 Å². The molecule has 0 amide bonds. The topological polar surface area (TPSA) is 45.1 Å². The SMILES string of the molecule is Cc1cccc(NC2CCCCCC2O)n1. The Morgan fingerprint density at radius 1 is 1.25 bits per heavy atom. The summed E-state index contributed by atoms with van der Waals surface area (Å²) < 4.78 is 0. The highest BCUT2D eigenvalue weighted by molar-refractivity contribution is 5.36. The van der Waals surface area contributed by atoms with E-state index in [0.717, 1.165) is 30.8 Å². The molecule has 1 aliphatic rings. The molecule has 88 valence electrons. The molecule has 1 aromatic heterocycles. The quantitative estimate of drug-likeness (QED) is 0.753. The van der Waals surface area contributed by atoms with E-state index in [1.807, 2.05) is 25.1 Å². The Morgan fingerprint density at radius 2 is 2.06 bits per heavy atom. The van der Waals surface area contributed by atoms with Crippen molar-refractivity contribution < 1.29 is 5.11 Å². The molecule has 2 unspecified atom stereocenters. The Kier molecular flexibility index (Phi) is 3.78. The summed E-state index contributed by atoms with van der Waals surface area (Å²) >= 11 is 0. The summed E-state index contributed by atoms with van der Waals surface area (Å²) in [5.41, 5.74) is 1.01. The molecule has 1 fully saturated rings. The van der Waals surface area contributed by atoms with Crippen LogP contribution in [0.2, 0.25) is 0 Å². The van der Waals surface area contributed by atoms with Gasteiger partial charge in [0.05, 0.1) is 12.1 Å². The van der Waals surface area contributed by atoms with Gasteiger partial charge >= 0.3 is 0 Å². The van der Waals surface area contributed by atoms with Crippen molar-refractivity contribution >= 4 is 5.82 Å². The number of aliphatic hydroxyl groups is 1. The smallest absolute Gasteiger partial charge is 0.126 e. The molecule has 0 spiro atoms. The monoisotopic (exact) mass is 220 g/mol. The van der Waals surface area contributed by atoms with Gasteiger partial charge in [-0.15, -0.1) is 0 Å². The van der Waals surface area contributed by atoms with Crippen molar-refractivity contribution in [3.63, 3.8) is 0 Å². The Hall–Kier alpha value is -1.09. The fourth-order valence-corrected chi connectivity index (χ4v) is 2.27. The van der Waals surface area contributed by atoms with Gasteiger partial charge in [-0.25, -0.2) is 4.98 Å². The van der Waals surface area contributed by atoms with E-state index in [1.165, 1.54) is 12.8 Å². The number of aromatic nitrogens is 1. The summed E-state index contributed by atoms with van der Waals surface area (Å²) in [6.45, 7) is 1.98. The molecule has 0 aromatic carbocycles. The number of rotatable bonds is 2. The zero-order valence-corrected chi connectivity index (χ0v) is 9.82. The molecule has 2 atom stereocenters. The number of nitrogens with one attached hydrogen (secondary N) is 1. The second-order valence-corrected chi connectivity index (χ2v) is 4.62. The molecule has 2 rings (SSSR count). The van der Waals surface area contributed by atoms with E-state index >= 15 is 0 Å². The van der Waals surface area contributed by atoms with Crippen molar-refractivity contribution in [1.29, 1.82) is 0 Å². The third-order valence-electron chi connectivity index (χ3n) is 3.20. The second kappa shape index (κ2) is 5.30. The van der Waals surface area contributed by atoms with Crippen molar-refractivity contribution in [2.24, 2.45) is 0 Å². The molecule has 3 nitrogen and oxygen atoms in total. The van der Waals surface area contributed by atoms with Crippen LogP contribution in [-0.4, -0.2) is 22.2 Å². The average Bonchev–Trinajstić information content (AvgIpc) is 2.45. The number of nitrogens with zero attached hydrogens (tertiary/aromatic N) is 1. The first-order valence-electron chi connectivity index (χ1n) is 6.14. The highest BCUT2D eigenvalue weighted by atomic mass is 16.3. The first-order chi connectivity index (χ1) is 7.75. The van der Waals surface area contributed by atoms with Crippen molar-refractivity contribution in [3.05, 3.63) is 23.9 Å². The average molecular weight is 220 g/mol. The highest BCUT2D eigenvalue weighted by Crippen LogP contribution is 2.20. The Bertz CT molecular complexity index is 340. The van der Waals surface area contributed by atoms with Crippen LogP contribution in [0.1, 0.15) is 37.8 Å². The maximum absolute atomic E-state index is 9.99. The third kappa shape index (κ3) is 2.95. The first-order valence-corrected chi connectivity index (χ1v) is 6.14. The van der Waals surface area contributed by atoms with Crippen molar-refractivity contribution in [2.45, 2.75) is 51.2 Å². The molecule has 0 radical (unpaired) electrons. The summed E-state index contributed by atoms with van der Waals surface area (Å²) in [4.78, 5) is 4.41. The van der Waals surface area contributed by atoms with Gasteiger partial charge in [-0.05, 0) is 31.9 Å². The molecule has 1 aromatic rings. The van der Waals surface area contributed by atoms with Crippen LogP contribution in [0, 0.1) is 6.92 Å². The minimum atomic E-state index is -0.232. The predicted molar refractivity (Wildman–Crippen MR) is 65.5 cm³/mol. The van der Waals surface area contributed by atoms with Crippen LogP contribution >= 0.6 is 0 Å². The third-order valence-corrected chi connectivity index (χ3v) is 3.20. The van der Waals surface area contributed by atoms with Gasteiger partial charge in [0.2, 0.25) is 0 Å². The number of aliphatic hydroxyl groups excluding tert-OH is 1. The maximum atomic E-state index is 9.99. The lowest BCUT2D eigenvalue weighted by Crippen LogP contribution is -2.32. The van der Waals surface area contributed by atoms with Gasteiger partial charge in [-0.2, -0.15) is 0 Å². The summed E-state index contributed by atoms with van der Waals surface area (Å²) in [7, 11) is 0. The number of anilines is 1. The minimum Gasteiger partial charge on any atom is -0.391 e. The van der Waals surface area contributed by atoms with Gasteiger partial charge in [0.25, 0.3) is 0 Å². The van der Waals surface area contributed by atoms with Crippen LogP contribution in [0.5, 0.6) is 0 Å². The van der Waals surface area contributed by atoms with Gasteiger partial charge in [-0.3, -0.25) is 0 Å². The van der Waals surface area contributed by atoms with Crippen LogP contribution in [0.15, 0.2) is 18.2 Å². The largest absolute Gasteiger partial charge is 0.391 e. The van der Waals surface area contributed by atoms with Gasteiger partial charge in [0.15, 0.2) is 0 Å². The summed E-state index contributed by atoms with van der Waals surface area (Å²) in [5.74, 6) is 0.881. The molecule has 0 bridgehead atoms. The minimum absolute atomic E-state index is 0.164. The number of pyridine rings is 1. The van der Waals surface area contributed by atoms with Crippen LogP contribution in [0.25, 0.3) is 0 Å². The van der Waals surface area contributed by atoms with Crippen molar-refractivity contribution in [2.75, 3.05) is 5.32 Å². The Balaban J connectivity index is 2.02. The highest BCUT2D eigenvalue weighted by Gasteiger charge is 2.21. The molecule has 2 N–H and O–H groups in total. The van der Waals surface area contributed by atoms with E-state index in [9.17, 15) is 5.11 Å². The van der Waals surface area contributed by atoms with Gasteiger partial charge in [0.1, 0.15) is 5.82 Å². The second-order valence-electron chi connectivity index (χ2n) is 4.62. The van der Waals surface area contributed by atoms with Crippen LogP contribution in [0.3, 0.4) is 0 Å². The van der Waals surface area contributed by atoms with Crippen LogP contribution < -0.4 is 5.32 Å². The summed E-state index contributed by atoms with van der Waals surface area (Å²) in [5, 5.41) is 13.3. The number of aryl methyl sites for hydroxylation is 1. The Morgan fingerprint density at radius 3 is 2.88 bits per heavy atom. The summed E-state index contributed by atoms with van der Waals surface area (Å²) in [6.07, 6.45) is 5.28. The molecule has 1 saturated carbocycles. The van der Waals surface area contributed by atoms with Crippen LogP contribution in [-0.2, 0) is 0 Å². The predicted octanol–water partition coefficient (Wildman–Crippen LogP) is 2.50. The summed E-state index contributed by atoms with van der Waals surface area (Å²) in [6, 6.07) is 6.10. The zero-order chi connectivity index (χ0) is 11.4. The molecule has 0 saturated heterocycles. The van der Waals surface area contributed by atoms with E-state index in [4.69, 9.17) is 0 Å². The Labute approximate surface area is 96.9 Å². The molecular weight excluding hydrogens is 200 g/mol. The lowest BCUT2D eigenvalue weighted by Gasteiger charge is -2.22.